The predicted molar refractivity (Wildman–Crippen MR) is 210 cm³/mol. The maximum atomic E-state index is 9.44. The third kappa shape index (κ3) is 4.73. The Morgan fingerprint density at radius 1 is 0.415 bits per heavy atom. The summed E-state index contributed by atoms with van der Waals surface area (Å²) in [6.45, 7) is 0. The van der Waals surface area contributed by atoms with Crippen molar-refractivity contribution in [3.05, 3.63) is 175 Å². The number of aromatic nitrogens is 5. The van der Waals surface area contributed by atoms with E-state index in [0.29, 0.717) is 16.8 Å². The molecule has 53 heavy (non-hydrogen) atoms. The van der Waals surface area contributed by atoms with E-state index in [1.807, 2.05) is 28.9 Å². The lowest BCUT2D eigenvalue weighted by molar-refractivity contribution is 0.808. The first kappa shape index (κ1) is 30.1. The van der Waals surface area contributed by atoms with Gasteiger partial charge < -0.3 is 9.13 Å². The SMILES string of the molecule is N#Cc1ccc(-c2nnn(-c3ccc(C#N)cc3)c2-c2ccc3c(c2)c2ccccc2n3-c2cccc(-n3c4ccccc4c4ccccc43)c2)cc1. The van der Waals surface area contributed by atoms with Crippen molar-refractivity contribution < 1.29 is 0 Å². The van der Waals surface area contributed by atoms with Crippen LogP contribution in [0.3, 0.4) is 0 Å². The van der Waals surface area contributed by atoms with Gasteiger partial charge in [0.25, 0.3) is 0 Å². The number of hydrogen-bond acceptors (Lipinski definition) is 4. The average molecular weight is 678 g/mol. The third-order valence-electron chi connectivity index (χ3n) is 10.1. The molecule has 0 radical (unpaired) electrons. The molecule has 246 valence electrons. The van der Waals surface area contributed by atoms with Crippen LogP contribution in [-0.4, -0.2) is 24.1 Å². The van der Waals surface area contributed by atoms with E-state index in [0.717, 1.165) is 55.7 Å². The molecule has 0 amide bonds. The molecule has 0 atom stereocenters. The first-order valence-electron chi connectivity index (χ1n) is 17.3. The molecule has 3 heterocycles. The number of hydrogen-bond donors (Lipinski definition) is 0. The molecule has 0 N–H and O–H groups in total. The fourth-order valence-electron chi connectivity index (χ4n) is 7.67. The zero-order valence-corrected chi connectivity index (χ0v) is 28.2. The Morgan fingerprint density at radius 3 is 1.47 bits per heavy atom. The van der Waals surface area contributed by atoms with E-state index in [4.69, 9.17) is 0 Å². The highest BCUT2D eigenvalue weighted by atomic mass is 15.4. The van der Waals surface area contributed by atoms with E-state index in [1.54, 1.807) is 24.3 Å². The second-order valence-corrected chi connectivity index (χ2v) is 13.0. The highest BCUT2D eigenvalue weighted by Crippen LogP contribution is 2.39. The zero-order chi connectivity index (χ0) is 35.5. The second-order valence-electron chi connectivity index (χ2n) is 13.0. The van der Waals surface area contributed by atoms with Gasteiger partial charge >= 0.3 is 0 Å². The van der Waals surface area contributed by atoms with Gasteiger partial charge in [-0.15, -0.1) is 5.10 Å². The average Bonchev–Trinajstić information content (AvgIpc) is 3.91. The molecule has 10 aromatic rings. The minimum atomic E-state index is 0.569. The van der Waals surface area contributed by atoms with Crippen molar-refractivity contribution in [2.45, 2.75) is 0 Å². The smallest absolute Gasteiger partial charge is 0.121 e. The van der Waals surface area contributed by atoms with Crippen molar-refractivity contribution >= 4 is 43.6 Å². The van der Waals surface area contributed by atoms with Crippen LogP contribution in [0.2, 0.25) is 0 Å². The highest BCUT2D eigenvalue weighted by molar-refractivity contribution is 6.11. The molecule has 10 rings (SSSR count). The third-order valence-corrected chi connectivity index (χ3v) is 10.1. The molecule has 0 bridgehead atoms. The van der Waals surface area contributed by atoms with Gasteiger partial charge in [-0.25, -0.2) is 4.68 Å². The van der Waals surface area contributed by atoms with Crippen LogP contribution in [0.5, 0.6) is 0 Å². The summed E-state index contributed by atoms with van der Waals surface area (Å²) in [5.74, 6) is 0. The molecule has 7 heteroatoms. The topological polar surface area (TPSA) is 88.2 Å². The van der Waals surface area contributed by atoms with Gasteiger partial charge in [-0.2, -0.15) is 10.5 Å². The van der Waals surface area contributed by atoms with Gasteiger partial charge in [-0.1, -0.05) is 84.1 Å². The molecule has 0 aliphatic carbocycles. The molecule has 3 aromatic heterocycles. The Kier molecular flexibility index (Phi) is 6.79. The Balaban J connectivity index is 1.18. The van der Waals surface area contributed by atoms with Gasteiger partial charge in [0.2, 0.25) is 0 Å². The zero-order valence-electron chi connectivity index (χ0n) is 28.2. The number of para-hydroxylation sites is 3. The summed E-state index contributed by atoms with van der Waals surface area (Å²) in [7, 11) is 0. The molecule has 0 unspecified atom stereocenters. The Morgan fingerprint density at radius 2 is 0.906 bits per heavy atom. The summed E-state index contributed by atoms with van der Waals surface area (Å²) < 4.78 is 6.51. The maximum Gasteiger partial charge on any atom is 0.121 e. The van der Waals surface area contributed by atoms with Gasteiger partial charge in [-0.05, 0) is 84.9 Å². The summed E-state index contributed by atoms with van der Waals surface area (Å²) in [5.41, 5.74) is 11.9. The lowest BCUT2D eigenvalue weighted by Crippen LogP contribution is -2.00. The standard InChI is InChI=1S/C46H27N7/c47-28-30-16-20-32(21-17-30)45-46(53(50-49-45)34-23-18-31(29-48)19-24-34)33-22-25-44-40(26-33)39-12-3-6-15-43(39)52(44)36-9-7-8-35(27-36)51-41-13-4-1-10-37(41)38-11-2-5-14-42(38)51/h1-27H. The predicted octanol–water partition coefficient (Wildman–Crippen LogP) is 10.5. The monoisotopic (exact) mass is 677 g/mol. The van der Waals surface area contributed by atoms with E-state index in [1.165, 1.54) is 21.8 Å². The highest BCUT2D eigenvalue weighted by Gasteiger charge is 2.21. The van der Waals surface area contributed by atoms with Crippen LogP contribution in [0.25, 0.3) is 83.2 Å². The van der Waals surface area contributed by atoms with Crippen molar-refractivity contribution in [1.29, 1.82) is 10.5 Å². The van der Waals surface area contributed by atoms with Crippen LogP contribution >= 0.6 is 0 Å². The summed E-state index contributed by atoms with van der Waals surface area (Å²) in [6, 6.07) is 60.1. The first-order chi connectivity index (χ1) is 26.2. The number of fused-ring (bicyclic) bond motifs is 6. The lowest BCUT2D eigenvalue weighted by Gasteiger charge is -2.13. The van der Waals surface area contributed by atoms with Crippen molar-refractivity contribution in [3.8, 4) is 51.7 Å². The Hall–Kier alpha value is -7.74. The molecule has 0 saturated carbocycles. The van der Waals surface area contributed by atoms with Crippen molar-refractivity contribution in [2.24, 2.45) is 0 Å². The van der Waals surface area contributed by atoms with Gasteiger partial charge in [-0.3, -0.25) is 0 Å². The van der Waals surface area contributed by atoms with Crippen molar-refractivity contribution in [3.63, 3.8) is 0 Å². The lowest BCUT2D eigenvalue weighted by atomic mass is 10.0. The van der Waals surface area contributed by atoms with Gasteiger partial charge in [0.05, 0.1) is 51.0 Å². The summed E-state index contributed by atoms with van der Waals surface area (Å²) >= 11 is 0. The maximum absolute atomic E-state index is 9.44. The first-order valence-corrected chi connectivity index (χ1v) is 17.3. The van der Waals surface area contributed by atoms with Crippen molar-refractivity contribution in [1.82, 2.24) is 24.1 Å². The summed E-state index contributed by atoms with van der Waals surface area (Å²) in [5, 5.41) is 32.8. The molecule has 0 spiro atoms. The number of nitriles is 2. The molecule has 0 fully saturated rings. The molecular formula is C46H27N7. The van der Waals surface area contributed by atoms with E-state index >= 15 is 0 Å². The minimum Gasteiger partial charge on any atom is -0.309 e. The van der Waals surface area contributed by atoms with E-state index < -0.39 is 0 Å². The van der Waals surface area contributed by atoms with Crippen LogP contribution in [0.15, 0.2) is 164 Å². The van der Waals surface area contributed by atoms with Gasteiger partial charge in [0, 0.05) is 44.0 Å². The van der Waals surface area contributed by atoms with Crippen LogP contribution in [0.4, 0.5) is 0 Å². The molecule has 0 aliphatic rings. The summed E-state index contributed by atoms with van der Waals surface area (Å²) in [6.07, 6.45) is 0. The van der Waals surface area contributed by atoms with Gasteiger partial charge in [0.1, 0.15) is 11.4 Å². The normalized spacial score (nSPS) is 11.4. The number of nitrogens with zero attached hydrogens (tertiary/aromatic N) is 7. The quantitative estimate of drug-likeness (QED) is 0.181. The molecular weight excluding hydrogens is 651 g/mol. The van der Waals surface area contributed by atoms with Crippen LogP contribution in [0.1, 0.15) is 11.1 Å². The molecule has 7 aromatic carbocycles. The number of benzene rings is 7. The Labute approximate surface area is 304 Å². The van der Waals surface area contributed by atoms with E-state index in [2.05, 4.69) is 147 Å². The largest absolute Gasteiger partial charge is 0.309 e. The molecule has 0 aliphatic heterocycles. The van der Waals surface area contributed by atoms with Crippen LogP contribution in [-0.2, 0) is 0 Å². The second kappa shape index (κ2) is 11.9. The minimum absolute atomic E-state index is 0.569. The van der Waals surface area contributed by atoms with E-state index in [9.17, 15) is 10.5 Å². The molecule has 7 nitrogen and oxygen atoms in total. The Bertz CT molecular complexity index is 3000. The van der Waals surface area contributed by atoms with Gasteiger partial charge in [0.15, 0.2) is 0 Å². The van der Waals surface area contributed by atoms with E-state index in [-0.39, 0.29) is 0 Å². The molecule has 0 saturated heterocycles. The van der Waals surface area contributed by atoms with Crippen molar-refractivity contribution in [2.75, 3.05) is 0 Å². The van der Waals surface area contributed by atoms with Crippen LogP contribution < -0.4 is 0 Å². The summed E-state index contributed by atoms with van der Waals surface area (Å²) in [4.78, 5) is 0. The fourth-order valence-corrected chi connectivity index (χ4v) is 7.67. The van der Waals surface area contributed by atoms with Crippen LogP contribution in [0, 0.1) is 22.7 Å². The fraction of sp³-hybridized carbons (Fsp3) is 0. The number of rotatable bonds is 5.